The molecule has 0 aliphatic carbocycles. The summed E-state index contributed by atoms with van der Waals surface area (Å²) in [6.45, 7) is 9.29. The van der Waals surface area contributed by atoms with Gasteiger partial charge in [0.1, 0.15) is 0 Å². The van der Waals surface area contributed by atoms with Gasteiger partial charge in [0.05, 0.1) is 25.7 Å². The van der Waals surface area contributed by atoms with E-state index in [1.165, 1.54) is 5.56 Å². The van der Waals surface area contributed by atoms with E-state index in [4.69, 9.17) is 21.1 Å². The van der Waals surface area contributed by atoms with Crippen LogP contribution in [0.15, 0.2) is 60.7 Å². The van der Waals surface area contributed by atoms with Crippen molar-refractivity contribution in [3.05, 3.63) is 87.9 Å². The van der Waals surface area contributed by atoms with Gasteiger partial charge in [-0.05, 0) is 78.4 Å². The highest BCUT2D eigenvalue weighted by Gasteiger charge is 2.36. The van der Waals surface area contributed by atoms with E-state index in [2.05, 4.69) is 26.0 Å². The fraction of sp³-hybridized carbons (Fsp3) is 0.321. The van der Waals surface area contributed by atoms with E-state index in [-0.39, 0.29) is 11.9 Å². The van der Waals surface area contributed by atoms with Crippen molar-refractivity contribution in [3.8, 4) is 11.5 Å². The van der Waals surface area contributed by atoms with Crippen LogP contribution in [0, 0.1) is 0 Å². The van der Waals surface area contributed by atoms with E-state index in [0.717, 1.165) is 22.4 Å². The van der Waals surface area contributed by atoms with Crippen molar-refractivity contribution in [2.24, 2.45) is 0 Å². The van der Waals surface area contributed by atoms with E-state index < -0.39 is 0 Å². The van der Waals surface area contributed by atoms with Gasteiger partial charge in [-0.2, -0.15) is 0 Å². The summed E-state index contributed by atoms with van der Waals surface area (Å²) < 4.78 is 11.7. The lowest BCUT2D eigenvalue weighted by Crippen LogP contribution is -2.41. The molecule has 4 nitrogen and oxygen atoms in total. The molecule has 1 amide bonds. The van der Waals surface area contributed by atoms with Gasteiger partial charge in [0.2, 0.25) is 5.91 Å². The highest BCUT2D eigenvalue weighted by molar-refractivity contribution is 6.30. The maximum Gasteiger partial charge on any atom is 0.232 e. The van der Waals surface area contributed by atoms with Crippen LogP contribution in [0.1, 0.15) is 61.9 Å². The van der Waals surface area contributed by atoms with Crippen LogP contribution in [0.5, 0.6) is 11.5 Å². The molecular formula is C28H30ClNO3. The van der Waals surface area contributed by atoms with Crippen LogP contribution in [0.4, 0.5) is 5.69 Å². The highest BCUT2D eigenvalue weighted by Crippen LogP contribution is 2.43. The van der Waals surface area contributed by atoms with Crippen molar-refractivity contribution in [2.45, 2.75) is 46.1 Å². The van der Waals surface area contributed by atoms with Crippen molar-refractivity contribution in [1.82, 2.24) is 0 Å². The fourth-order valence-corrected chi connectivity index (χ4v) is 4.51. The first-order chi connectivity index (χ1) is 15.9. The van der Waals surface area contributed by atoms with Crippen molar-refractivity contribution < 1.29 is 14.3 Å². The van der Waals surface area contributed by atoms with Crippen LogP contribution in [-0.2, 0) is 11.2 Å². The Morgan fingerprint density at radius 2 is 1.55 bits per heavy atom. The standard InChI is InChI=1S/C28H30ClNO3/c1-5-32-25-15-21-16-27(31)30(23-13-9-19(10-14-23)18(3)4)28(20-7-11-22(29)12-8-20)24(21)17-26(25)33-6-2/h7-15,17-18,28H,5-6,16H2,1-4H3/t28-/m1/s1. The van der Waals surface area contributed by atoms with Crippen molar-refractivity contribution in [1.29, 1.82) is 0 Å². The second-order valence-electron chi connectivity index (χ2n) is 8.50. The Bertz CT molecular complexity index is 1120. The number of nitrogens with zero attached hydrogens (tertiary/aromatic N) is 1. The maximum atomic E-state index is 13.5. The molecule has 3 aromatic carbocycles. The molecule has 0 radical (unpaired) electrons. The third-order valence-electron chi connectivity index (χ3n) is 5.99. The second-order valence-corrected chi connectivity index (χ2v) is 8.94. The molecule has 1 atom stereocenters. The molecular weight excluding hydrogens is 434 g/mol. The van der Waals surface area contributed by atoms with Gasteiger partial charge < -0.3 is 14.4 Å². The molecule has 0 unspecified atom stereocenters. The summed E-state index contributed by atoms with van der Waals surface area (Å²) in [5.41, 5.74) is 5.11. The lowest BCUT2D eigenvalue weighted by atomic mass is 9.86. The summed E-state index contributed by atoms with van der Waals surface area (Å²) in [7, 11) is 0. The van der Waals surface area contributed by atoms with Crippen molar-refractivity contribution in [3.63, 3.8) is 0 Å². The third kappa shape index (κ3) is 4.72. The number of anilines is 1. The van der Waals surface area contributed by atoms with Crippen LogP contribution in [0.3, 0.4) is 0 Å². The molecule has 3 aromatic rings. The molecule has 0 saturated carbocycles. The number of ether oxygens (including phenoxy) is 2. The lowest BCUT2D eigenvalue weighted by Gasteiger charge is -2.38. The van der Waals surface area contributed by atoms with E-state index in [1.807, 2.05) is 67.3 Å². The summed E-state index contributed by atoms with van der Waals surface area (Å²) >= 11 is 6.18. The molecule has 1 aliphatic heterocycles. The summed E-state index contributed by atoms with van der Waals surface area (Å²) in [6.07, 6.45) is 0.303. The minimum absolute atomic E-state index is 0.0476. The largest absolute Gasteiger partial charge is 0.490 e. The van der Waals surface area contributed by atoms with Gasteiger partial charge in [0, 0.05) is 10.7 Å². The molecule has 1 aliphatic rings. The lowest BCUT2D eigenvalue weighted by molar-refractivity contribution is -0.118. The Morgan fingerprint density at radius 3 is 2.12 bits per heavy atom. The Morgan fingerprint density at radius 1 is 0.939 bits per heavy atom. The Balaban J connectivity index is 1.88. The SMILES string of the molecule is CCOc1cc2c(cc1OCC)[C@@H](c1ccc(Cl)cc1)N(c1ccc(C(C)C)cc1)C(=O)C2. The number of halogens is 1. The number of carbonyl (C=O) groups is 1. The quantitative estimate of drug-likeness (QED) is 0.381. The first-order valence-electron chi connectivity index (χ1n) is 11.5. The highest BCUT2D eigenvalue weighted by atomic mass is 35.5. The zero-order valence-electron chi connectivity index (χ0n) is 19.6. The van der Waals surface area contributed by atoms with Crippen molar-refractivity contribution in [2.75, 3.05) is 18.1 Å². The van der Waals surface area contributed by atoms with Crippen molar-refractivity contribution >= 4 is 23.2 Å². The summed E-state index contributed by atoms with van der Waals surface area (Å²) in [6, 6.07) is 19.7. The molecule has 5 heteroatoms. The second kappa shape index (κ2) is 9.88. The molecule has 0 spiro atoms. The Labute approximate surface area is 201 Å². The minimum Gasteiger partial charge on any atom is -0.490 e. The molecule has 4 rings (SSSR count). The number of amides is 1. The Kier molecular flexibility index (Phi) is 6.94. The predicted molar refractivity (Wildman–Crippen MR) is 134 cm³/mol. The average molecular weight is 464 g/mol. The average Bonchev–Trinajstić information content (AvgIpc) is 2.80. The molecule has 33 heavy (non-hydrogen) atoms. The normalized spacial score (nSPS) is 15.5. The first-order valence-corrected chi connectivity index (χ1v) is 11.9. The first kappa shape index (κ1) is 23.2. The van der Waals surface area contributed by atoms with Gasteiger partial charge in [-0.25, -0.2) is 0 Å². The van der Waals surface area contributed by atoms with E-state index in [0.29, 0.717) is 42.1 Å². The number of hydrogen-bond acceptors (Lipinski definition) is 3. The fourth-order valence-electron chi connectivity index (χ4n) is 4.38. The van der Waals surface area contributed by atoms with Gasteiger partial charge in [-0.15, -0.1) is 0 Å². The molecule has 0 saturated heterocycles. The molecule has 0 fully saturated rings. The number of benzene rings is 3. The summed E-state index contributed by atoms with van der Waals surface area (Å²) in [5.74, 6) is 1.85. The molecule has 0 aromatic heterocycles. The zero-order valence-corrected chi connectivity index (χ0v) is 20.4. The number of rotatable bonds is 7. The van der Waals surface area contributed by atoms with Gasteiger partial charge in [0.15, 0.2) is 11.5 Å². The van der Waals surface area contributed by atoms with E-state index in [9.17, 15) is 4.79 Å². The van der Waals surface area contributed by atoms with Gasteiger partial charge in [0.25, 0.3) is 0 Å². The van der Waals surface area contributed by atoms with Crippen LogP contribution in [0.25, 0.3) is 0 Å². The molecule has 0 bridgehead atoms. The monoisotopic (exact) mass is 463 g/mol. The number of carbonyl (C=O) groups excluding carboxylic acids is 1. The van der Waals surface area contributed by atoms with Crippen LogP contribution in [-0.4, -0.2) is 19.1 Å². The smallest absolute Gasteiger partial charge is 0.232 e. The van der Waals surface area contributed by atoms with Crippen LogP contribution < -0.4 is 14.4 Å². The van der Waals surface area contributed by atoms with Gasteiger partial charge in [-0.1, -0.05) is 49.7 Å². The summed E-state index contributed by atoms with van der Waals surface area (Å²) in [4.78, 5) is 15.4. The predicted octanol–water partition coefficient (Wildman–Crippen LogP) is 6.94. The molecule has 1 heterocycles. The minimum atomic E-state index is -0.293. The van der Waals surface area contributed by atoms with Gasteiger partial charge in [-0.3, -0.25) is 4.79 Å². The van der Waals surface area contributed by atoms with Crippen LogP contribution >= 0.6 is 11.6 Å². The third-order valence-corrected chi connectivity index (χ3v) is 6.24. The number of fused-ring (bicyclic) bond motifs is 1. The molecule has 0 N–H and O–H groups in total. The molecule has 172 valence electrons. The van der Waals surface area contributed by atoms with E-state index in [1.54, 1.807) is 0 Å². The van der Waals surface area contributed by atoms with Gasteiger partial charge >= 0.3 is 0 Å². The van der Waals surface area contributed by atoms with Crippen LogP contribution in [0.2, 0.25) is 5.02 Å². The summed E-state index contributed by atoms with van der Waals surface area (Å²) in [5, 5.41) is 0.663. The Hall–Kier alpha value is -2.98. The maximum absolute atomic E-state index is 13.5. The topological polar surface area (TPSA) is 38.8 Å². The van der Waals surface area contributed by atoms with E-state index >= 15 is 0 Å². The number of hydrogen-bond donors (Lipinski definition) is 0. The zero-order chi connectivity index (χ0) is 23.5.